The van der Waals surface area contributed by atoms with Crippen molar-refractivity contribution in [3.05, 3.63) is 59.7 Å². The normalized spacial score (nSPS) is 21.3. The van der Waals surface area contributed by atoms with Crippen LogP contribution in [0.1, 0.15) is 25.6 Å². The molecule has 0 saturated carbocycles. The molecule has 1 aromatic carbocycles. The third-order valence-electron chi connectivity index (χ3n) is 4.84. The number of urea groups is 1. The van der Waals surface area contributed by atoms with E-state index in [1.165, 1.54) is 11.2 Å². The van der Waals surface area contributed by atoms with Gasteiger partial charge in [0.25, 0.3) is 0 Å². The quantitative estimate of drug-likeness (QED) is 0.731. The van der Waals surface area contributed by atoms with Gasteiger partial charge in [-0.05, 0) is 31.2 Å². The Labute approximate surface area is 173 Å². The predicted molar refractivity (Wildman–Crippen MR) is 111 cm³/mol. The number of esters is 1. The topological polar surface area (TPSA) is 83.8 Å². The molecule has 2 amide bonds. The molecule has 0 radical (unpaired) electrons. The SMILES string of the molecule is CCOC(=O)C1=C(CN2C[C@H](C)Sc3ccccc32)NC(=O)N[C@H]1c1ccco1. The average molecular weight is 413 g/mol. The van der Waals surface area contributed by atoms with Gasteiger partial charge in [-0.15, -0.1) is 11.8 Å². The van der Waals surface area contributed by atoms with Gasteiger partial charge in [0.05, 0.1) is 36.4 Å². The monoisotopic (exact) mass is 413 g/mol. The summed E-state index contributed by atoms with van der Waals surface area (Å²) in [5.41, 5.74) is 1.99. The molecular formula is C21H23N3O4S. The number of ether oxygens (including phenoxy) is 1. The highest BCUT2D eigenvalue weighted by molar-refractivity contribution is 8.00. The number of hydrogen-bond donors (Lipinski definition) is 2. The summed E-state index contributed by atoms with van der Waals surface area (Å²) in [5.74, 6) is 0.0208. The second-order valence-corrected chi connectivity index (χ2v) is 8.42. The fraction of sp³-hybridized carbons (Fsp3) is 0.333. The number of carbonyl (C=O) groups is 2. The molecule has 0 saturated heterocycles. The van der Waals surface area contributed by atoms with E-state index in [9.17, 15) is 9.59 Å². The molecule has 0 unspecified atom stereocenters. The van der Waals surface area contributed by atoms with Gasteiger partial charge in [-0.3, -0.25) is 0 Å². The van der Waals surface area contributed by atoms with E-state index < -0.39 is 12.0 Å². The molecule has 8 heteroatoms. The summed E-state index contributed by atoms with van der Waals surface area (Å²) < 4.78 is 10.8. The van der Waals surface area contributed by atoms with E-state index in [0.717, 1.165) is 12.2 Å². The zero-order valence-corrected chi connectivity index (χ0v) is 17.1. The van der Waals surface area contributed by atoms with Crippen molar-refractivity contribution in [1.29, 1.82) is 0 Å². The minimum absolute atomic E-state index is 0.245. The van der Waals surface area contributed by atoms with E-state index in [1.807, 2.05) is 23.9 Å². The van der Waals surface area contributed by atoms with Crippen LogP contribution in [-0.4, -0.2) is 36.9 Å². The minimum atomic E-state index is -0.695. The van der Waals surface area contributed by atoms with E-state index in [4.69, 9.17) is 9.15 Å². The number of fused-ring (bicyclic) bond motifs is 1. The summed E-state index contributed by atoms with van der Waals surface area (Å²) in [7, 11) is 0. The maximum atomic E-state index is 12.8. The van der Waals surface area contributed by atoms with Crippen LogP contribution >= 0.6 is 11.8 Å². The Kier molecular flexibility index (Phi) is 5.53. The minimum Gasteiger partial charge on any atom is -0.467 e. The number of amides is 2. The Morgan fingerprint density at radius 3 is 2.90 bits per heavy atom. The Balaban J connectivity index is 1.74. The summed E-state index contributed by atoms with van der Waals surface area (Å²) >= 11 is 1.83. The van der Waals surface area contributed by atoms with Gasteiger partial charge < -0.3 is 24.7 Å². The Bertz CT molecular complexity index is 941. The molecule has 2 aliphatic rings. The van der Waals surface area contributed by atoms with E-state index in [0.29, 0.717) is 28.8 Å². The first-order chi connectivity index (χ1) is 14.1. The number of benzene rings is 1. The standard InChI is InChI=1S/C21H23N3O4S/c1-3-27-20(25)18-14(22-21(26)23-19(18)16-8-6-10-28-16)12-24-11-13(2)29-17-9-5-4-7-15(17)24/h4-10,13,19H,3,11-12H2,1-2H3,(H2,22,23,26)/t13-,19-/m0/s1. The van der Waals surface area contributed by atoms with Crippen molar-refractivity contribution in [2.24, 2.45) is 0 Å². The highest BCUT2D eigenvalue weighted by atomic mass is 32.2. The van der Waals surface area contributed by atoms with Crippen LogP contribution in [0.25, 0.3) is 0 Å². The Morgan fingerprint density at radius 2 is 2.14 bits per heavy atom. The first kappa shape index (κ1) is 19.4. The number of furan rings is 1. The number of anilines is 1. The van der Waals surface area contributed by atoms with Crippen LogP contribution in [0, 0.1) is 0 Å². The van der Waals surface area contributed by atoms with Gasteiger partial charge in [-0.25, -0.2) is 9.59 Å². The van der Waals surface area contributed by atoms with Gasteiger partial charge in [0.15, 0.2) is 0 Å². The van der Waals surface area contributed by atoms with Gasteiger partial charge in [0, 0.05) is 16.7 Å². The average Bonchev–Trinajstić information content (AvgIpc) is 3.22. The van der Waals surface area contributed by atoms with Gasteiger partial charge in [-0.2, -0.15) is 0 Å². The van der Waals surface area contributed by atoms with E-state index in [1.54, 1.807) is 19.1 Å². The zero-order valence-electron chi connectivity index (χ0n) is 16.3. The lowest BCUT2D eigenvalue weighted by atomic mass is 9.99. The second kappa shape index (κ2) is 8.24. The van der Waals surface area contributed by atoms with Gasteiger partial charge in [0.1, 0.15) is 11.8 Å². The molecule has 4 rings (SSSR count). The van der Waals surface area contributed by atoms with Crippen molar-refractivity contribution in [3.63, 3.8) is 0 Å². The van der Waals surface area contributed by atoms with Gasteiger partial charge in [-0.1, -0.05) is 19.1 Å². The summed E-state index contributed by atoms with van der Waals surface area (Å²) in [6, 6.07) is 10.6. The summed E-state index contributed by atoms with van der Waals surface area (Å²) in [4.78, 5) is 28.6. The maximum Gasteiger partial charge on any atom is 0.338 e. The fourth-order valence-electron chi connectivity index (χ4n) is 3.68. The molecule has 0 fully saturated rings. The lowest BCUT2D eigenvalue weighted by Gasteiger charge is -2.37. The molecule has 3 heterocycles. The van der Waals surface area contributed by atoms with Crippen LogP contribution < -0.4 is 15.5 Å². The van der Waals surface area contributed by atoms with Crippen molar-refractivity contribution in [3.8, 4) is 0 Å². The van der Waals surface area contributed by atoms with Crippen molar-refractivity contribution in [2.45, 2.75) is 30.0 Å². The molecule has 152 valence electrons. The molecule has 7 nitrogen and oxygen atoms in total. The van der Waals surface area contributed by atoms with Crippen molar-refractivity contribution in [2.75, 3.05) is 24.6 Å². The number of thioether (sulfide) groups is 1. The van der Waals surface area contributed by atoms with Crippen molar-refractivity contribution >= 4 is 29.4 Å². The third kappa shape index (κ3) is 3.98. The van der Waals surface area contributed by atoms with Crippen LogP contribution in [0.3, 0.4) is 0 Å². The van der Waals surface area contributed by atoms with Crippen LogP contribution in [0.5, 0.6) is 0 Å². The first-order valence-corrected chi connectivity index (χ1v) is 10.5. The fourth-order valence-corrected chi connectivity index (χ4v) is 4.85. The molecule has 0 bridgehead atoms. The Morgan fingerprint density at radius 1 is 1.31 bits per heavy atom. The Hall–Kier alpha value is -2.87. The predicted octanol–water partition coefficient (Wildman–Crippen LogP) is 3.45. The highest BCUT2D eigenvalue weighted by Crippen LogP contribution is 2.39. The molecular weight excluding hydrogens is 390 g/mol. The molecule has 0 spiro atoms. The van der Waals surface area contributed by atoms with E-state index in [-0.39, 0.29) is 12.6 Å². The van der Waals surface area contributed by atoms with Crippen LogP contribution in [-0.2, 0) is 9.53 Å². The van der Waals surface area contributed by atoms with Gasteiger partial charge >= 0.3 is 12.0 Å². The lowest BCUT2D eigenvalue weighted by molar-refractivity contribution is -0.139. The van der Waals surface area contributed by atoms with E-state index >= 15 is 0 Å². The van der Waals surface area contributed by atoms with E-state index in [2.05, 4.69) is 34.6 Å². The number of carbonyl (C=O) groups excluding carboxylic acids is 2. The lowest BCUT2D eigenvalue weighted by Crippen LogP contribution is -2.49. The highest BCUT2D eigenvalue weighted by Gasteiger charge is 2.36. The maximum absolute atomic E-state index is 12.8. The largest absolute Gasteiger partial charge is 0.467 e. The molecule has 0 aliphatic carbocycles. The summed E-state index contributed by atoms with van der Waals surface area (Å²) in [6.07, 6.45) is 1.52. The number of nitrogens with one attached hydrogen (secondary N) is 2. The molecule has 29 heavy (non-hydrogen) atoms. The summed E-state index contributed by atoms with van der Waals surface area (Å²) in [5, 5.41) is 5.99. The second-order valence-electron chi connectivity index (χ2n) is 6.94. The molecule has 2 N–H and O–H groups in total. The smallest absolute Gasteiger partial charge is 0.338 e. The zero-order chi connectivity index (χ0) is 20.4. The van der Waals surface area contributed by atoms with Crippen molar-refractivity contribution in [1.82, 2.24) is 10.6 Å². The number of para-hydroxylation sites is 1. The van der Waals surface area contributed by atoms with Gasteiger partial charge in [0.2, 0.25) is 0 Å². The summed E-state index contributed by atoms with van der Waals surface area (Å²) in [6.45, 7) is 5.36. The first-order valence-electron chi connectivity index (χ1n) is 9.58. The number of rotatable bonds is 5. The molecule has 1 aromatic heterocycles. The number of nitrogens with zero attached hydrogens (tertiary/aromatic N) is 1. The molecule has 2 aliphatic heterocycles. The van der Waals surface area contributed by atoms with Crippen LogP contribution in [0.2, 0.25) is 0 Å². The van der Waals surface area contributed by atoms with Crippen molar-refractivity contribution < 1.29 is 18.7 Å². The molecule has 2 atom stereocenters. The van der Waals surface area contributed by atoms with Crippen LogP contribution in [0.15, 0.2) is 63.2 Å². The third-order valence-corrected chi connectivity index (χ3v) is 5.99. The number of hydrogen-bond acceptors (Lipinski definition) is 6. The molecule has 2 aromatic rings. The van der Waals surface area contributed by atoms with Crippen LogP contribution in [0.4, 0.5) is 10.5 Å².